The Bertz CT molecular complexity index is 609. The summed E-state index contributed by atoms with van der Waals surface area (Å²) in [7, 11) is 0. The molecule has 0 spiro atoms. The van der Waals surface area contributed by atoms with E-state index in [1.165, 1.54) is 12.3 Å². The molecule has 0 aliphatic rings. The number of hydrogen-bond acceptors (Lipinski definition) is 3. The van der Waals surface area contributed by atoms with Crippen LogP contribution in [-0.4, -0.2) is 27.2 Å². The Kier molecular flexibility index (Phi) is 4.45. The van der Waals surface area contributed by atoms with E-state index in [1.807, 2.05) is 24.6 Å². The second kappa shape index (κ2) is 6.27. The highest BCUT2D eigenvalue weighted by atomic mass is 19.1. The van der Waals surface area contributed by atoms with Gasteiger partial charge in [0, 0.05) is 25.0 Å². The smallest absolute Gasteiger partial charge is 0.254 e. The van der Waals surface area contributed by atoms with E-state index in [-0.39, 0.29) is 5.56 Å². The number of pyridine rings is 1. The van der Waals surface area contributed by atoms with E-state index in [0.29, 0.717) is 6.54 Å². The number of rotatable bonds is 5. The average Bonchev–Trinajstić information content (AvgIpc) is 2.73. The Labute approximate surface area is 116 Å². The molecule has 0 saturated carbocycles. The van der Waals surface area contributed by atoms with E-state index in [9.17, 15) is 9.18 Å². The summed E-state index contributed by atoms with van der Waals surface area (Å²) in [6.07, 6.45) is 3.17. The molecule has 0 aromatic carbocycles. The van der Waals surface area contributed by atoms with Crippen molar-refractivity contribution < 1.29 is 9.18 Å². The molecule has 0 saturated heterocycles. The highest BCUT2D eigenvalue weighted by Crippen LogP contribution is 2.04. The van der Waals surface area contributed by atoms with Crippen molar-refractivity contribution in [2.75, 3.05) is 6.54 Å². The van der Waals surface area contributed by atoms with Gasteiger partial charge in [-0.1, -0.05) is 0 Å². The predicted molar refractivity (Wildman–Crippen MR) is 72.8 cm³/mol. The molecule has 1 amide bonds. The fourth-order valence-corrected chi connectivity index (χ4v) is 1.99. The van der Waals surface area contributed by atoms with Gasteiger partial charge in [0.15, 0.2) is 5.82 Å². The maximum absolute atomic E-state index is 13.3. The van der Waals surface area contributed by atoms with E-state index in [0.717, 1.165) is 30.6 Å². The van der Waals surface area contributed by atoms with Crippen LogP contribution in [0.3, 0.4) is 0 Å². The Balaban J connectivity index is 1.80. The summed E-state index contributed by atoms with van der Waals surface area (Å²) in [5.74, 6) is -1.03. The van der Waals surface area contributed by atoms with Gasteiger partial charge in [-0.15, -0.1) is 0 Å². The highest BCUT2D eigenvalue weighted by Gasteiger charge is 2.10. The van der Waals surface area contributed by atoms with Crippen LogP contribution in [0.2, 0.25) is 0 Å². The van der Waals surface area contributed by atoms with Gasteiger partial charge in [0.2, 0.25) is 0 Å². The quantitative estimate of drug-likeness (QED) is 0.848. The lowest BCUT2D eigenvalue weighted by molar-refractivity contribution is 0.0948. The first-order valence-corrected chi connectivity index (χ1v) is 6.46. The standard InChI is InChI=1S/C14H17FN4O/c1-10-8-11(2)19(18-10)7-3-5-17-14(20)12-4-6-16-9-13(12)15/h4,6,8-9H,3,5,7H2,1-2H3,(H,17,20). The lowest BCUT2D eigenvalue weighted by Gasteiger charge is -2.07. The minimum absolute atomic E-state index is 0.0196. The number of carbonyl (C=O) groups excluding carboxylic acids is 1. The molecule has 20 heavy (non-hydrogen) atoms. The molecule has 0 aliphatic carbocycles. The summed E-state index contributed by atoms with van der Waals surface area (Å²) in [6, 6.07) is 3.37. The zero-order valence-corrected chi connectivity index (χ0v) is 11.6. The van der Waals surface area contributed by atoms with Gasteiger partial charge in [-0.3, -0.25) is 14.5 Å². The Morgan fingerprint density at radius 2 is 2.25 bits per heavy atom. The van der Waals surface area contributed by atoms with Gasteiger partial charge in [0.25, 0.3) is 5.91 Å². The fraction of sp³-hybridized carbons (Fsp3) is 0.357. The Morgan fingerprint density at radius 3 is 2.90 bits per heavy atom. The first kappa shape index (κ1) is 14.2. The second-order valence-electron chi connectivity index (χ2n) is 4.62. The first-order chi connectivity index (χ1) is 9.58. The highest BCUT2D eigenvalue weighted by molar-refractivity contribution is 5.94. The van der Waals surface area contributed by atoms with Gasteiger partial charge in [-0.2, -0.15) is 5.10 Å². The molecule has 2 aromatic rings. The Morgan fingerprint density at radius 1 is 1.45 bits per heavy atom. The summed E-state index contributed by atoms with van der Waals surface area (Å²) in [6.45, 7) is 5.13. The van der Waals surface area contributed by atoms with Gasteiger partial charge in [-0.05, 0) is 32.4 Å². The molecule has 0 radical (unpaired) electrons. The normalized spacial score (nSPS) is 10.6. The van der Waals surface area contributed by atoms with Gasteiger partial charge in [0.1, 0.15) is 0 Å². The number of hydrogen-bond donors (Lipinski definition) is 1. The molecule has 106 valence electrons. The second-order valence-corrected chi connectivity index (χ2v) is 4.62. The van der Waals surface area contributed by atoms with Gasteiger partial charge >= 0.3 is 0 Å². The van der Waals surface area contributed by atoms with Crippen LogP contribution in [0.15, 0.2) is 24.5 Å². The van der Waals surface area contributed by atoms with Crippen molar-refractivity contribution in [2.24, 2.45) is 0 Å². The van der Waals surface area contributed by atoms with Crippen molar-refractivity contribution in [3.8, 4) is 0 Å². The summed E-state index contributed by atoms with van der Waals surface area (Å²) in [5, 5.41) is 7.02. The van der Waals surface area contributed by atoms with Crippen LogP contribution in [0.25, 0.3) is 0 Å². The Hall–Kier alpha value is -2.24. The zero-order chi connectivity index (χ0) is 14.5. The van der Waals surface area contributed by atoms with Crippen LogP contribution in [0.4, 0.5) is 4.39 Å². The minimum atomic E-state index is -0.608. The van der Waals surface area contributed by atoms with Crippen molar-refractivity contribution >= 4 is 5.91 Å². The summed E-state index contributed by atoms with van der Waals surface area (Å²) >= 11 is 0. The van der Waals surface area contributed by atoms with Crippen LogP contribution < -0.4 is 5.32 Å². The number of nitrogens with zero attached hydrogens (tertiary/aromatic N) is 3. The molecule has 0 aliphatic heterocycles. The minimum Gasteiger partial charge on any atom is -0.352 e. The number of aromatic nitrogens is 3. The molecular weight excluding hydrogens is 259 g/mol. The van der Waals surface area contributed by atoms with Crippen molar-refractivity contribution in [1.82, 2.24) is 20.1 Å². The number of aryl methyl sites for hydroxylation is 3. The molecule has 5 nitrogen and oxygen atoms in total. The van der Waals surface area contributed by atoms with Crippen LogP contribution in [-0.2, 0) is 6.54 Å². The average molecular weight is 276 g/mol. The monoisotopic (exact) mass is 276 g/mol. The van der Waals surface area contributed by atoms with Crippen molar-refractivity contribution in [3.05, 3.63) is 47.3 Å². The third kappa shape index (κ3) is 3.40. The summed E-state index contributed by atoms with van der Waals surface area (Å²) in [4.78, 5) is 15.4. The van der Waals surface area contributed by atoms with Crippen molar-refractivity contribution in [3.63, 3.8) is 0 Å². The lowest BCUT2D eigenvalue weighted by Crippen LogP contribution is -2.26. The molecule has 2 aromatic heterocycles. The molecule has 0 bridgehead atoms. The van der Waals surface area contributed by atoms with Crippen LogP contribution in [0.5, 0.6) is 0 Å². The third-order valence-corrected chi connectivity index (χ3v) is 2.95. The van der Waals surface area contributed by atoms with Crippen LogP contribution in [0.1, 0.15) is 28.2 Å². The number of amides is 1. The summed E-state index contributed by atoms with van der Waals surface area (Å²) in [5.41, 5.74) is 2.09. The van der Waals surface area contributed by atoms with Gasteiger partial charge < -0.3 is 5.32 Å². The van der Waals surface area contributed by atoms with E-state index in [4.69, 9.17) is 0 Å². The number of nitrogens with one attached hydrogen (secondary N) is 1. The molecule has 6 heteroatoms. The SMILES string of the molecule is Cc1cc(C)n(CCCNC(=O)c2ccncc2F)n1. The van der Waals surface area contributed by atoms with Crippen LogP contribution >= 0.6 is 0 Å². The largest absolute Gasteiger partial charge is 0.352 e. The van der Waals surface area contributed by atoms with Crippen molar-refractivity contribution in [1.29, 1.82) is 0 Å². The van der Waals surface area contributed by atoms with E-state index in [2.05, 4.69) is 15.4 Å². The summed E-state index contributed by atoms with van der Waals surface area (Å²) < 4.78 is 15.2. The lowest BCUT2D eigenvalue weighted by atomic mass is 10.2. The predicted octanol–water partition coefficient (Wildman–Crippen LogP) is 1.85. The van der Waals surface area contributed by atoms with Crippen LogP contribution in [0, 0.1) is 19.7 Å². The molecule has 0 fully saturated rings. The van der Waals surface area contributed by atoms with E-state index < -0.39 is 11.7 Å². The molecule has 0 atom stereocenters. The molecule has 2 rings (SSSR count). The molecule has 1 N–H and O–H groups in total. The number of halogens is 1. The maximum Gasteiger partial charge on any atom is 0.254 e. The van der Waals surface area contributed by atoms with E-state index in [1.54, 1.807) is 0 Å². The maximum atomic E-state index is 13.3. The molecular formula is C14H17FN4O. The first-order valence-electron chi connectivity index (χ1n) is 6.46. The fourth-order valence-electron chi connectivity index (χ4n) is 1.99. The van der Waals surface area contributed by atoms with Gasteiger partial charge in [0.05, 0.1) is 17.5 Å². The molecule has 2 heterocycles. The molecule has 0 unspecified atom stereocenters. The topological polar surface area (TPSA) is 59.8 Å². The third-order valence-electron chi connectivity index (χ3n) is 2.95. The number of carbonyl (C=O) groups is 1. The van der Waals surface area contributed by atoms with Gasteiger partial charge in [-0.25, -0.2) is 4.39 Å². The van der Waals surface area contributed by atoms with E-state index >= 15 is 0 Å². The zero-order valence-electron chi connectivity index (χ0n) is 11.6. The van der Waals surface area contributed by atoms with Crippen molar-refractivity contribution in [2.45, 2.75) is 26.8 Å².